The fourth-order valence-electron chi connectivity index (χ4n) is 3.20. The lowest BCUT2D eigenvalue weighted by molar-refractivity contribution is 0.0721. The van der Waals surface area contributed by atoms with E-state index in [4.69, 9.17) is 27.9 Å². The Labute approximate surface area is 177 Å². The van der Waals surface area contributed by atoms with Crippen molar-refractivity contribution in [1.82, 2.24) is 19.6 Å². The zero-order valence-electron chi connectivity index (χ0n) is 16.6. The lowest BCUT2D eigenvalue weighted by Gasteiger charge is -2.38. The molecule has 0 aliphatic carbocycles. The molecule has 1 fully saturated rings. The monoisotopic (exact) mass is 422 g/mol. The summed E-state index contributed by atoms with van der Waals surface area (Å²) >= 11 is 12.0. The molecule has 28 heavy (non-hydrogen) atoms. The average Bonchev–Trinajstić information content (AvgIpc) is 3.16. The van der Waals surface area contributed by atoms with Crippen LogP contribution in [0.25, 0.3) is 5.69 Å². The Morgan fingerprint density at radius 1 is 1.14 bits per heavy atom. The lowest BCUT2D eigenvalue weighted by Crippen LogP contribution is -2.47. The van der Waals surface area contributed by atoms with Crippen LogP contribution >= 0.6 is 23.2 Å². The second-order valence-electron chi connectivity index (χ2n) is 7.38. The summed E-state index contributed by atoms with van der Waals surface area (Å²) in [5, 5.41) is 5.60. The predicted octanol–water partition coefficient (Wildman–Crippen LogP) is 4.48. The lowest BCUT2D eigenvalue weighted by atomic mass is 10.1. The van der Waals surface area contributed by atoms with Gasteiger partial charge in [-0.3, -0.25) is 4.90 Å². The summed E-state index contributed by atoms with van der Waals surface area (Å²) in [6.07, 6.45) is 1.90. The molecule has 1 aromatic heterocycles. The van der Waals surface area contributed by atoms with E-state index < -0.39 is 0 Å². The number of allylic oxidation sites excluding steroid dienone is 1. The standard InChI is InChI=1S/C21H28Cl2N4O/c1-16(2)17(3)26-10-8-25(9-11-26)12-13-28-15-18-6-7-27(24-18)19-4-5-20(22)21(23)14-19/h4-7,14,16H,3,8-13,15H2,1-2H3. The third-order valence-electron chi connectivity index (χ3n) is 5.06. The zero-order chi connectivity index (χ0) is 20.1. The van der Waals surface area contributed by atoms with E-state index in [1.165, 1.54) is 5.70 Å². The molecule has 2 heterocycles. The molecule has 0 radical (unpaired) electrons. The van der Waals surface area contributed by atoms with Crippen LogP contribution in [0.4, 0.5) is 0 Å². The van der Waals surface area contributed by atoms with Gasteiger partial charge in [0.15, 0.2) is 0 Å². The molecule has 1 aromatic carbocycles. The highest BCUT2D eigenvalue weighted by atomic mass is 35.5. The highest BCUT2D eigenvalue weighted by molar-refractivity contribution is 6.42. The molecule has 1 saturated heterocycles. The number of nitrogens with zero attached hydrogens (tertiary/aromatic N) is 4. The van der Waals surface area contributed by atoms with Gasteiger partial charge in [-0.2, -0.15) is 5.10 Å². The van der Waals surface area contributed by atoms with Crippen molar-refractivity contribution in [2.24, 2.45) is 5.92 Å². The zero-order valence-corrected chi connectivity index (χ0v) is 18.1. The van der Waals surface area contributed by atoms with Crippen LogP contribution in [0.15, 0.2) is 42.7 Å². The van der Waals surface area contributed by atoms with E-state index in [2.05, 4.69) is 35.3 Å². The van der Waals surface area contributed by atoms with Crippen molar-refractivity contribution in [2.45, 2.75) is 20.5 Å². The number of halogens is 2. The van der Waals surface area contributed by atoms with Crippen molar-refractivity contribution in [2.75, 3.05) is 39.3 Å². The van der Waals surface area contributed by atoms with E-state index in [1.54, 1.807) is 16.8 Å². The first-order valence-corrected chi connectivity index (χ1v) is 10.4. The molecule has 152 valence electrons. The van der Waals surface area contributed by atoms with Crippen molar-refractivity contribution >= 4 is 23.2 Å². The molecule has 2 aromatic rings. The number of hydrogen-bond donors (Lipinski definition) is 0. The molecule has 0 atom stereocenters. The molecule has 0 spiro atoms. The molecule has 7 heteroatoms. The molecule has 0 unspecified atom stereocenters. The highest BCUT2D eigenvalue weighted by Gasteiger charge is 2.18. The second kappa shape index (κ2) is 9.79. The molecule has 3 rings (SSSR count). The minimum absolute atomic E-state index is 0.498. The van der Waals surface area contributed by atoms with Crippen LogP contribution in [0.2, 0.25) is 10.0 Å². The summed E-state index contributed by atoms with van der Waals surface area (Å²) in [6.45, 7) is 14.9. The number of ether oxygens (including phenoxy) is 1. The number of piperazine rings is 1. The van der Waals surface area contributed by atoms with E-state index in [9.17, 15) is 0 Å². The van der Waals surface area contributed by atoms with Gasteiger partial charge in [0.1, 0.15) is 0 Å². The topological polar surface area (TPSA) is 33.5 Å². The Hall–Kier alpha value is -1.53. The van der Waals surface area contributed by atoms with Gasteiger partial charge in [0.05, 0.1) is 34.6 Å². The Balaban J connectivity index is 1.39. The van der Waals surface area contributed by atoms with Gasteiger partial charge in [0.25, 0.3) is 0 Å². The summed E-state index contributed by atoms with van der Waals surface area (Å²) in [4.78, 5) is 4.84. The molecule has 1 aliphatic rings. The Kier molecular flexibility index (Phi) is 7.41. The smallest absolute Gasteiger partial charge is 0.0907 e. The van der Waals surface area contributed by atoms with Gasteiger partial charge in [0, 0.05) is 44.6 Å². The quantitative estimate of drug-likeness (QED) is 0.587. The van der Waals surface area contributed by atoms with Crippen LogP contribution in [-0.2, 0) is 11.3 Å². The fourth-order valence-corrected chi connectivity index (χ4v) is 3.50. The van der Waals surface area contributed by atoms with Crippen molar-refractivity contribution in [3.63, 3.8) is 0 Å². The predicted molar refractivity (Wildman–Crippen MR) is 115 cm³/mol. The Morgan fingerprint density at radius 3 is 2.57 bits per heavy atom. The maximum absolute atomic E-state index is 6.08. The third-order valence-corrected chi connectivity index (χ3v) is 5.80. The van der Waals surface area contributed by atoms with Gasteiger partial charge < -0.3 is 9.64 Å². The molecule has 0 bridgehead atoms. The molecule has 0 N–H and O–H groups in total. The molecule has 0 saturated carbocycles. The maximum Gasteiger partial charge on any atom is 0.0907 e. The Morgan fingerprint density at radius 2 is 1.89 bits per heavy atom. The summed E-state index contributed by atoms with van der Waals surface area (Å²) in [6, 6.07) is 7.42. The van der Waals surface area contributed by atoms with E-state index in [0.717, 1.165) is 44.1 Å². The molecular weight excluding hydrogens is 395 g/mol. The number of rotatable bonds is 8. The van der Waals surface area contributed by atoms with Crippen LogP contribution < -0.4 is 0 Å². The van der Waals surface area contributed by atoms with Gasteiger partial charge >= 0.3 is 0 Å². The summed E-state index contributed by atoms with van der Waals surface area (Å²) in [5.74, 6) is 0.513. The maximum atomic E-state index is 6.08. The fraction of sp³-hybridized carbons (Fsp3) is 0.476. The van der Waals surface area contributed by atoms with Gasteiger partial charge in [-0.1, -0.05) is 43.6 Å². The first-order valence-electron chi connectivity index (χ1n) is 9.68. The minimum atomic E-state index is 0.498. The van der Waals surface area contributed by atoms with E-state index >= 15 is 0 Å². The van der Waals surface area contributed by atoms with Gasteiger partial charge in [-0.05, 0) is 30.2 Å². The van der Waals surface area contributed by atoms with E-state index in [-0.39, 0.29) is 0 Å². The average molecular weight is 423 g/mol. The summed E-state index contributed by atoms with van der Waals surface area (Å²) < 4.78 is 7.61. The molecule has 1 aliphatic heterocycles. The number of hydrogen-bond acceptors (Lipinski definition) is 4. The summed E-state index contributed by atoms with van der Waals surface area (Å²) in [7, 11) is 0. The van der Waals surface area contributed by atoms with Crippen LogP contribution in [0.5, 0.6) is 0 Å². The number of aromatic nitrogens is 2. The third kappa shape index (κ3) is 5.51. The largest absolute Gasteiger partial charge is 0.374 e. The van der Waals surface area contributed by atoms with Crippen LogP contribution in [0.1, 0.15) is 19.5 Å². The van der Waals surface area contributed by atoms with Gasteiger partial charge in [-0.25, -0.2) is 4.68 Å². The SMILES string of the molecule is C=C(C(C)C)N1CCN(CCOCc2ccn(-c3ccc(Cl)c(Cl)c3)n2)CC1. The molecule has 5 nitrogen and oxygen atoms in total. The minimum Gasteiger partial charge on any atom is -0.374 e. The first kappa shape index (κ1) is 21.2. The summed E-state index contributed by atoms with van der Waals surface area (Å²) in [5.41, 5.74) is 3.01. The Bertz CT molecular complexity index is 797. The van der Waals surface area contributed by atoms with Crippen LogP contribution in [0.3, 0.4) is 0 Å². The van der Waals surface area contributed by atoms with Crippen molar-refractivity contribution in [1.29, 1.82) is 0 Å². The first-order chi connectivity index (χ1) is 13.4. The van der Waals surface area contributed by atoms with Crippen molar-refractivity contribution in [3.8, 4) is 5.69 Å². The van der Waals surface area contributed by atoms with Crippen LogP contribution in [-0.4, -0.2) is 58.9 Å². The highest BCUT2D eigenvalue weighted by Crippen LogP contribution is 2.24. The second-order valence-corrected chi connectivity index (χ2v) is 8.19. The van der Waals surface area contributed by atoms with Crippen molar-refractivity contribution in [3.05, 3.63) is 58.5 Å². The molecular formula is C21H28Cl2N4O. The van der Waals surface area contributed by atoms with E-state index in [0.29, 0.717) is 29.2 Å². The number of benzene rings is 1. The van der Waals surface area contributed by atoms with Gasteiger partial charge in [-0.15, -0.1) is 0 Å². The van der Waals surface area contributed by atoms with Crippen LogP contribution in [0, 0.1) is 5.92 Å². The van der Waals surface area contributed by atoms with E-state index in [1.807, 2.05) is 18.3 Å². The van der Waals surface area contributed by atoms with Gasteiger partial charge in [0.2, 0.25) is 0 Å². The molecule has 0 amide bonds. The normalized spacial score (nSPS) is 15.4. The van der Waals surface area contributed by atoms with Crippen molar-refractivity contribution < 1.29 is 4.74 Å².